The second-order valence-electron chi connectivity index (χ2n) is 12.6. The highest BCUT2D eigenvalue weighted by Crippen LogP contribution is 2.68. The molecule has 0 spiro atoms. The number of anilines is 1. The van der Waals surface area contributed by atoms with E-state index < -0.39 is 5.92 Å². The lowest BCUT2D eigenvalue weighted by atomic mass is 9.68. The molecule has 4 heterocycles. The third-order valence-electron chi connectivity index (χ3n) is 10.4. The number of aromatic nitrogens is 1. The van der Waals surface area contributed by atoms with Crippen LogP contribution >= 0.6 is 23.1 Å². The molecule has 3 amide bonds. The number of aromatic amines is 1. The van der Waals surface area contributed by atoms with Gasteiger partial charge < -0.3 is 28.8 Å². The van der Waals surface area contributed by atoms with Crippen molar-refractivity contribution in [2.45, 2.75) is 29.5 Å². The molecule has 3 aromatic rings. The molecule has 2 saturated carbocycles. The van der Waals surface area contributed by atoms with Crippen molar-refractivity contribution in [1.82, 2.24) is 9.88 Å². The van der Waals surface area contributed by atoms with Gasteiger partial charge in [-0.3, -0.25) is 24.1 Å². The predicted molar refractivity (Wildman–Crippen MR) is 174 cm³/mol. The van der Waals surface area contributed by atoms with Crippen LogP contribution in [0.25, 0.3) is 0 Å². The minimum absolute atomic E-state index is 0.0129. The highest BCUT2D eigenvalue weighted by atomic mass is 32.2. The molecule has 47 heavy (non-hydrogen) atoms. The quantitative estimate of drug-likeness (QED) is 0.355. The van der Waals surface area contributed by atoms with Crippen LogP contribution in [0.15, 0.2) is 52.3 Å². The number of nitrogens with zero attached hydrogens (tertiary/aromatic N) is 2. The van der Waals surface area contributed by atoms with E-state index in [1.165, 1.54) is 16.2 Å². The number of benzene rings is 2. The first-order valence-corrected chi connectivity index (χ1v) is 17.7. The molecule has 1 aromatic heterocycles. The number of imide groups is 1. The summed E-state index contributed by atoms with van der Waals surface area (Å²) in [7, 11) is 1.58. The Morgan fingerprint density at radius 1 is 0.979 bits per heavy atom. The number of methoxy groups -OCH3 is 1. The maximum absolute atomic E-state index is 14.1. The molecule has 8 rings (SSSR count). The number of ether oxygens (including phenoxy) is 4. The number of rotatable bonds is 8. The molecule has 246 valence electrons. The van der Waals surface area contributed by atoms with Crippen molar-refractivity contribution in [2.75, 3.05) is 51.5 Å². The van der Waals surface area contributed by atoms with E-state index in [1.54, 1.807) is 48.0 Å². The van der Waals surface area contributed by atoms with Gasteiger partial charge in [-0.05, 0) is 73.1 Å². The summed E-state index contributed by atoms with van der Waals surface area (Å²) in [4.78, 5) is 60.5. The van der Waals surface area contributed by atoms with Gasteiger partial charge in [0.05, 0.1) is 49.5 Å². The van der Waals surface area contributed by atoms with E-state index in [2.05, 4.69) is 4.98 Å². The van der Waals surface area contributed by atoms with E-state index in [4.69, 9.17) is 18.9 Å². The molecule has 3 aliphatic heterocycles. The van der Waals surface area contributed by atoms with E-state index in [9.17, 15) is 19.2 Å². The summed E-state index contributed by atoms with van der Waals surface area (Å²) < 4.78 is 22.7. The second kappa shape index (κ2) is 12.0. The maximum Gasteiger partial charge on any atom is 0.305 e. The monoisotopic (exact) mass is 677 g/mol. The summed E-state index contributed by atoms with van der Waals surface area (Å²) in [5.41, 5.74) is 1.52. The van der Waals surface area contributed by atoms with Crippen LogP contribution in [0.2, 0.25) is 0 Å². The molecule has 2 saturated heterocycles. The van der Waals surface area contributed by atoms with E-state index in [0.29, 0.717) is 55.8 Å². The first kappa shape index (κ1) is 30.5. The summed E-state index contributed by atoms with van der Waals surface area (Å²) in [5, 5.41) is 0.905. The first-order valence-electron chi connectivity index (χ1n) is 16.0. The summed E-state index contributed by atoms with van der Waals surface area (Å²) in [6, 6.07) is 12.8. The number of carbonyl (C=O) groups excluding carboxylic acids is 3. The highest BCUT2D eigenvalue weighted by Gasteiger charge is 2.69. The number of hydrogen-bond donors (Lipinski definition) is 1. The van der Waals surface area contributed by atoms with Crippen LogP contribution in [0.4, 0.5) is 5.69 Å². The zero-order valence-corrected chi connectivity index (χ0v) is 27.6. The largest absolute Gasteiger partial charge is 0.497 e. The fourth-order valence-corrected chi connectivity index (χ4v) is 11.4. The normalized spacial score (nSPS) is 29.0. The fourth-order valence-electron chi connectivity index (χ4n) is 8.52. The number of thiazole rings is 1. The number of nitrogens with one attached hydrogen (secondary N) is 1. The minimum atomic E-state index is -0.406. The fraction of sp³-hybridized carbons (Fsp3) is 0.471. The molecule has 11 nitrogen and oxygen atoms in total. The van der Waals surface area contributed by atoms with Gasteiger partial charge in [-0.2, -0.15) is 0 Å². The van der Waals surface area contributed by atoms with Crippen LogP contribution in [-0.4, -0.2) is 79.5 Å². The van der Waals surface area contributed by atoms with Gasteiger partial charge >= 0.3 is 4.87 Å². The molecule has 4 fully saturated rings. The Hall–Kier alpha value is -3.81. The van der Waals surface area contributed by atoms with Crippen molar-refractivity contribution >= 4 is 46.5 Å². The standard InChI is InChI=1S/C34H35N3O8S2/c1-3-44-23-14-17(4-9-22(23)45-16-24(38)36-10-12-43-13-11-36)25-26-20-15-21(29(26)46-31-30(25)47-34(41)35-31)28-27(20)32(39)37(33(28)40)18-5-7-19(42-2)8-6-18/h4-9,14,20-21,25-29H,3,10-13,15-16H2,1-2H3,(H,35,41)/t20-,21-,25-,26?,27?,28?,29?/m1/s1. The molecule has 7 atom stereocenters. The Morgan fingerprint density at radius 3 is 2.45 bits per heavy atom. The average molecular weight is 678 g/mol. The Kier molecular flexibility index (Phi) is 7.80. The number of hydrogen-bond acceptors (Lipinski definition) is 10. The molecule has 2 bridgehead atoms. The zero-order valence-electron chi connectivity index (χ0n) is 26.0. The number of morpholine rings is 1. The molecule has 5 aliphatic rings. The topological polar surface area (TPSA) is 127 Å². The van der Waals surface area contributed by atoms with Crippen molar-refractivity contribution in [3.05, 3.63) is 62.6 Å². The van der Waals surface area contributed by atoms with Crippen LogP contribution < -0.4 is 24.0 Å². The molecule has 13 heteroatoms. The predicted octanol–water partition coefficient (Wildman–Crippen LogP) is 3.76. The van der Waals surface area contributed by atoms with Crippen molar-refractivity contribution in [1.29, 1.82) is 0 Å². The average Bonchev–Trinajstić information content (AvgIpc) is 3.83. The van der Waals surface area contributed by atoms with Crippen LogP contribution in [-0.2, 0) is 19.1 Å². The summed E-state index contributed by atoms with van der Waals surface area (Å²) in [5.74, 6) is 0.356. The highest BCUT2D eigenvalue weighted by molar-refractivity contribution is 8.00. The van der Waals surface area contributed by atoms with Crippen LogP contribution in [0.1, 0.15) is 29.7 Å². The Balaban J connectivity index is 1.11. The third kappa shape index (κ3) is 4.96. The van der Waals surface area contributed by atoms with Gasteiger partial charge in [-0.25, -0.2) is 0 Å². The Morgan fingerprint density at radius 2 is 1.72 bits per heavy atom. The first-order chi connectivity index (χ1) is 22.9. The number of carbonyl (C=O) groups is 3. The summed E-state index contributed by atoms with van der Waals surface area (Å²) in [6.07, 6.45) is 0.796. The molecule has 2 aromatic carbocycles. The zero-order chi connectivity index (χ0) is 32.4. The maximum atomic E-state index is 14.1. The SMILES string of the molecule is CCOc1cc([C@H]2c3sc(=O)[nH]c3SC3C2[C@H]2C[C@@H]3C3C(=O)N(c4ccc(OC)cc4)C(=O)C32)ccc1OCC(=O)N1CCOCC1. The third-order valence-corrected chi connectivity index (χ3v) is 13.0. The van der Waals surface area contributed by atoms with Gasteiger partial charge in [-0.1, -0.05) is 17.4 Å². The van der Waals surface area contributed by atoms with E-state index in [1.807, 2.05) is 25.1 Å². The smallest absolute Gasteiger partial charge is 0.305 e. The molecular formula is C34H35N3O8S2. The molecule has 4 unspecified atom stereocenters. The second-order valence-corrected chi connectivity index (χ2v) is 14.8. The Bertz CT molecular complexity index is 1780. The van der Waals surface area contributed by atoms with Gasteiger partial charge in [0.25, 0.3) is 5.91 Å². The van der Waals surface area contributed by atoms with E-state index >= 15 is 0 Å². The Labute approximate surface area is 279 Å². The molecule has 0 radical (unpaired) electrons. The lowest BCUT2D eigenvalue weighted by molar-refractivity contribution is -0.137. The van der Waals surface area contributed by atoms with Gasteiger partial charge in [0.15, 0.2) is 18.1 Å². The molecular weight excluding hydrogens is 643 g/mol. The lowest BCUT2D eigenvalue weighted by Crippen LogP contribution is -2.43. The summed E-state index contributed by atoms with van der Waals surface area (Å²) in [6.45, 7) is 4.30. The molecule has 2 aliphatic carbocycles. The van der Waals surface area contributed by atoms with Crippen LogP contribution in [0.5, 0.6) is 17.2 Å². The van der Waals surface area contributed by atoms with Crippen molar-refractivity contribution in [2.24, 2.45) is 29.6 Å². The van der Waals surface area contributed by atoms with Crippen molar-refractivity contribution in [3.8, 4) is 17.2 Å². The van der Waals surface area contributed by atoms with E-state index in [-0.39, 0.29) is 64.0 Å². The lowest BCUT2D eigenvalue weighted by Gasteiger charge is -2.43. The van der Waals surface area contributed by atoms with Gasteiger partial charge in [0.1, 0.15) is 5.75 Å². The number of thioether (sulfide) groups is 1. The van der Waals surface area contributed by atoms with Crippen LogP contribution in [0.3, 0.4) is 0 Å². The van der Waals surface area contributed by atoms with Gasteiger partial charge in [0.2, 0.25) is 11.8 Å². The number of fused-ring (bicyclic) bond motifs is 9. The van der Waals surface area contributed by atoms with Gasteiger partial charge in [0, 0.05) is 29.1 Å². The van der Waals surface area contributed by atoms with E-state index in [0.717, 1.165) is 21.9 Å². The molecule has 1 N–H and O–H groups in total. The van der Waals surface area contributed by atoms with Crippen LogP contribution in [0, 0.1) is 29.6 Å². The number of amides is 3. The minimum Gasteiger partial charge on any atom is -0.497 e. The van der Waals surface area contributed by atoms with Crippen molar-refractivity contribution < 1.29 is 33.3 Å². The summed E-state index contributed by atoms with van der Waals surface area (Å²) >= 11 is 2.87. The van der Waals surface area contributed by atoms with Gasteiger partial charge in [-0.15, -0.1) is 11.8 Å². The van der Waals surface area contributed by atoms with Crippen molar-refractivity contribution in [3.63, 3.8) is 0 Å². The number of H-pyrrole nitrogens is 1.